The standard InChI is InChI=1S/C5H4O4/c6-1-4(2-7)5(9)3-8/h1-3,6H/b4-1+. The van der Waals surface area contributed by atoms with Crippen molar-refractivity contribution in [3.8, 4) is 0 Å². The van der Waals surface area contributed by atoms with Gasteiger partial charge in [0.1, 0.15) is 0 Å². The zero-order chi connectivity index (χ0) is 7.28. The molecule has 0 aromatic heterocycles. The third-order valence-electron chi connectivity index (χ3n) is 0.658. The van der Waals surface area contributed by atoms with Gasteiger partial charge in [-0.3, -0.25) is 14.4 Å². The SMILES string of the molecule is O=CC(=O)/C(C=O)=C/O. The molecule has 0 saturated carbocycles. The van der Waals surface area contributed by atoms with Crippen molar-refractivity contribution in [2.75, 3.05) is 0 Å². The van der Waals surface area contributed by atoms with Crippen molar-refractivity contribution < 1.29 is 19.5 Å². The molecule has 0 bridgehead atoms. The van der Waals surface area contributed by atoms with Crippen LogP contribution in [-0.4, -0.2) is 23.5 Å². The van der Waals surface area contributed by atoms with Crippen LogP contribution in [0.25, 0.3) is 0 Å². The second-order valence-corrected chi connectivity index (χ2v) is 1.18. The summed E-state index contributed by atoms with van der Waals surface area (Å²) >= 11 is 0. The summed E-state index contributed by atoms with van der Waals surface area (Å²) in [5.41, 5.74) is -0.537. The van der Waals surface area contributed by atoms with E-state index in [1.165, 1.54) is 0 Å². The number of allylic oxidation sites excluding steroid dienone is 1. The quantitative estimate of drug-likeness (QED) is 0.137. The van der Waals surface area contributed by atoms with E-state index in [1.807, 2.05) is 0 Å². The summed E-state index contributed by atoms with van der Waals surface area (Å²) in [6, 6.07) is 0. The van der Waals surface area contributed by atoms with E-state index < -0.39 is 11.4 Å². The van der Waals surface area contributed by atoms with Crippen molar-refractivity contribution in [3.05, 3.63) is 11.8 Å². The molecule has 4 nitrogen and oxygen atoms in total. The Morgan fingerprint density at radius 1 is 1.22 bits per heavy atom. The molecule has 4 heteroatoms. The fraction of sp³-hybridized carbons (Fsp3) is 0. The summed E-state index contributed by atoms with van der Waals surface area (Å²) in [6.45, 7) is 0. The average molecular weight is 128 g/mol. The van der Waals surface area contributed by atoms with Crippen molar-refractivity contribution in [1.29, 1.82) is 0 Å². The highest BCUT2D eigenvalue weighted by Crippen LogP contribution is 1.85. The minimum atomic E-state index is -1.02. The van der Waals surface area contributed by atoms with Gasteiger partial charge >= 0.3 is 0 Å². The predicted octanol–water partition coefficient (Wildman–Crippen LogP) is -0.605. The third kappa shape index (κ3) is 1.85. The number of Topliss-reactive ketones (excluding diaryl/α,β-unsaturated/α-hetero) is 1. The van der Waals surface area contributed by atoms with E-state index in [0.717, 1.165) is 0 Å². The van der Waals surface area contributed by atoms with Gasteiger partial charge in [0.25, 0.3) is 0 Å². The Morgan fingerprint density at radius 2 is 1.78 bits per heavy atom. The topological polar surface area (TPSA) is 71.4 Å². The fourth-order valence-electron chi connectivity index (χ4n) is 0.220. The van der Waals surface area contributed by atoms with Crippen LogP contribution >= 0.6 is 0 Å². The summed E-state index contributed by atoms with van der Waals surface area (Å²) in [5.74, 6) is -1.02. The van der Waals surface area contributed by atoms with Gasteiger partial charge in [-0.2, -0.15) is 0 Å². The van der Waals surface area contributed by atoms with Crippen molar-refractivity contribution in [1.82, 2.24) is 0 Å². The number of ketones is 1. The second kappa shape index (κ2) is 3.54. The van der Waals surface area contributed by atoms with Crippen LogP contribution < -0.4 is 0 Å². The van der Waals surface area contributed by atoms with Gasteiger partial charge in [-0.1, -0.05) is 0 Å². The molecule has 0 radical (unpaired) electrons. The maximum absolute atomic E-state index is 10.1. The first kappa shape index (κ1) is 7.55. The van der Waals surface area contributed by atoms with Crippen LogP contribution in [0.3, 0.4) is 0 Å². The van der Waals surface area contributed by atoms with E-state index in [9.17, 15) is 14.4 Å². The highest BCUT2D eigenvalue weighted by atomic mass is 16.2. The zero-order valence-corrected chi connectivity index (χ0v) is 4.40. The van der Waals surface area contributed by atoms with Crippen molar-refractivity contribution >= 4 is 18.4 Å². The Balaban J connectivity index is 4.31. The number of aliphatic hydroxyl groups is 1. The largest absolute Gasteiger partial charge is 0.515 e. The molecule has 0 aliphatic heterocycles. The van der Waals surface area contributed by atoms with E-state index in [1.54, 1.807) is 0 Å². The molecular formula is C5H4O4. The molecule has 48 valence electrons. The first-order valence-electron chi connectivity index (χ1n) is 2.05. The van der Waals surface area contributed by atoms with Crippen LogP contribution in [0.15, 0.2) is 11.8 Å². The first-order valence-corrected chi connectivity index (χ1v) is 2.05. The van der Waals surface area contributed by atoms with Crippen LogP contribution in [-0.2, 0) is 14.4 Å². The summed E-state index contributed by atoms with van der Waals surface area (Å²) < 4.78 is 0. The van der Waals surface area contributed by atoms with Crippen LogP contribution in [0.5, 0.6) is 0 Å². The maximum atomic E-state index is 10.1. The molecule has 0 aliphatic carbocycles. The number of rotatable bonds is 3. The molecule has 0 spiro atoms. The van der Waals surface area contributed by atoms with Gasteiger partial charge in [-0.05, 0) is 0 Å². The molecule has 0 aromatic carbocycles. The van der Waals surface area contributed by atoms with Gasteiger partial charge in [0, 0.05) is 0 Å². The maximum Gasteiger partial charge on any atom is 0.231 e. The Labute approximate surface area is 50.8 Å². The molecule has 0 fully saturated rings. The van der Waals surface area contributed by atoms with Crippen LogP contribution in [0.1, 0.15) is 0 Å². The summed E-state index contributed by atoms with van der Waals surface area (Å²) in [7, 11) is 0. The zero-order valence-electron chi connectivity index (χ0n) is 4.40. The van der Waals surface area contributed by atoms with Crippen LogP contribution in [0.2, 0.25) is 0 Å². The third-order valence-corrected chi connectivity index (χ3v) is 0.658. The van der Waals surface area contributed by atoms with E-state index >= 15 is 0 Å². The number of aldehydes is 2. The van der Waals surface area contributed by atoms with Gasteiger partial charge in [0.2, 0.25) is 5.78 Å². The van der Waals surface area contributed by atoms with Gasteiger partial charge in [-0.25, -0.2) is 0 Å². The lowest BCUT2D eigenvalue weighted by atomic mass is 10.2. The normalized spacial score (nSPS) is 10.4. The fourth-order valence-corrected chi connectivity index (χ4v) is 0.220. The lowest BCUT2D eigenvalue weighted by Crippen LogP contribution is -2.04. The molecule has 0 atom stereocenters. The number of hydrogen-bond donors (Lipinski definition) is 1. The van der Waals surface area contributed by atoms with Gasteiger partial charge in [0.05, 0.1) is 11.8 Å². The summed E-state index contributed by atoms with van der Waals surface area (Å²) in [6.07, 6.45) is 0.358. The number of carbonyl (C=O) groups excluding carboxylic acids is 3. The molecule has 0 rings (SSSR count). The number of hydrogen-bond acceptors (Lipinski definition) is 4. The van der Waals surface area contributed by atoms with Crippen LogP contribution in [0.4, 0.5) is 0 Å². The molecule has 0 heterocycles. The smallest absolute Gasteiger partial charge is 0.231 e. The Hall–Kier alpha value is -1.45. The predicted molar refractivity (Wildman–Crippen MR) is 27.8 cm³/mol. The van der Waals surface area contributed by atoms with Gasteiger partial charge in [0.15, 0.2) is 12.6 Å². The molecule has 0 aromatic rings. The van der Waals surface area contributed by atoms with E-state index in [0.29, 0.717) is 6.26 Å². The van der Waals surface area contributed by atoms with Crippen molar-refractivity contribution in [2.24, 2.45) is 0 Å². The lowest BCUT2D eigenvalue weighted by molar-refractivity contribution is -0.128. The average Bonchev–Trinajstić information content (AvgIpc) is 1.90. The first-order chi connectivity index (χ1) is 4.26. The molecule has 1 N–H and O–H groups in total. The van der Waals surface area contributed by atoms with Crippen molar-refractivity contribution in [2.45, 2.75) is 0 Å². The molecule has 0 saturated heterocycles. The minimum Gasteiger partial charge on any atom is -0.515 e. The number of aliphatic hydroxyl groups excluding tert-OH is 1. The Kier molecular flexibility index (Phi) is 2.97. The molecule has 0 aliphatic rings. The summed E-state index contributed by atoms with van der Waals surface area (Å²) in [4.78, 5) is 29.5. The van der Waals surface area contributed by atoms with E-state index in [2.05, 4.69) is 0 Å². The Morgan fingerprint density at radius 3 is 1.89 bits per heavy atom. The van der Waals surface area contributed by atoms with Gasteiger partial charge < -0.3 is 5.11 Å². The summed E-state index contributed by atoms with van der Waals surface area (Å²) in [5, 5.41) is 8.05. The highest BCUT2D eigenvalue weighted by Gasteiger charge is 2.04. The Bertz CT molecular complexity index is 168. The molecular weight excluding hydrogens is 124 g/mol. The van der Waals surface area contributed by atoms with Crippen molar-refractivity contribution in [3.63, 3.8) is 0 Å². The van der Waals surface area contributed by atoms with E-state index in [4.69, 9.17) is 5.11 Å². The van der Waals surface area contributed by atoms with Crippen LogP contribution in [0, 0.1) is 0 Å². The monoisotopic (exact) mass is 128 g/mol. The molecule has 0 unspecified atom stereocenters. The molecule has 9 heavy (non-hydrogen) atoms. The second-order valence-electron chi connectivity index (χ2n) is 1.18. The number of carbonyl (C=O) groups is 3. The lowest BCUT2D eigenvalue weighted by Gasteiger charge is -1.82. The van der Waals surface area contributed by atoms with E-state index in [-0.39, 0.29) is 12.6 Å². The highest BCUT2D eigenvalue weighted by molar-refractivity contribution is 6.38. The molecule has 0 amide bonds. The van der Waals surface area contributed by atoms with Gasteiger partial charge in [-0.15, -0.1) is 0 Å². The minimum absolute atomic E-state index is 0.0452.